The van der Waals surface area contributed by atoms with Crippen LogP contribution in [0.2, 0.25) is 0 Å². The van der Waals surface area contributed by atoms with Gasteiger partial charge in [-0.2, -0.15) is 0 Å². The number of hydrogen-bond donors (Lipinski definition) is 1. The van der Waals surface area contributed by atoms with E-state index in [1.54, 1.807) is 11.0 Å². The Balaban J connectivity index is 1.66. The van der Waals surface area contributed by atoms with Crippen LogP contribution in [0.15, 0.2) is 60.7 Å². The summed E-state index contributed by atoms with van der Waals surface area (Å²) in [5.74, 6) is -0.646. The second-order valence-electron chi connectivity index (χ2n) is 10.2. The predicted octanol–water partition coefficient (Wildman–Crippen LogP) is 4.83. The van der Waals surface area contributed by atoms with Crippen LogP contribution in [0, 0.1) is 6.92 Å². The molecule has 0 bridgehead atoms. The fourth-order valence-electron chi connectivity index (χ4n) is 4.74. The van der Waals surface area contributed by atoms with Gasteiger partial charge in [0.15, 0.2) is 0 Å². The minimum absolute atomic E-state index is 0.127. The molecule has 3 aromatic carbocycles. The normalized spacial score (nSPS) is 13.7. The van der Waals surface area contributed by atoms with Crippen molar-refractivity contribution in [1.82, 2.24) is 10.2 Å². The van der Waals surface area contributed by atoms with Gasteiger partial charge >= 0.3 is 0 Å². The summed E-state index contributed by atoms with van der Waals surface area (Å²) in [6.07, 6.45) is 0.462. The van der Waals surface area contributed by atoms with Gasteiger partial charge in [-0.3, -0.25) is 19.3 Å². The Morgan fingerprint density at radius 2 is 1.71 bits per heavy atom. The quantitative estimate of drug-likeness (QED) is 0.537. The molecule has 0 saturated heterocycles. The monoisotopic (exact) mass is 471 g/mol. The van der Waals surface area contributed by atoms with Crippen molar-refractivity contribution in [2.75, 3.05) is 11.4 Å². The van der Waals surface area contributed by atoms with Crippen molar-refractivity contribution in [2.45, 2.75) is 59.2 Å². The van der Waals surface area contributed by atoms with E-state index in [2.05, 4.69) is 5.32 Å². The van der Waals surface area contributed by atoms with Crippen molar-refractivity contribution < 1.29 is 14.4 Å². The Labute approximate surface area is 206 Å². The number of benzene rings is 3. The standard InChI is InChI=1S/C29H33N3O3/c1-6-23(27(34)30-29(3,4)5)31(17-20-11-7-10-19(2)16-20)25(33)18-32-24-15-9-13-21-12-8-14-22(26(21)24)28(32)35/h7-16,23H,6,17-18H2,1-5H3,(H,30,34)/t23-/m0/s1. The molecule has 4 rings (SSSR count). The first-order chi connectivity index (χ1) is 16.6. The molecule has 1 aliphatic heterocycles. The average Bonchev–Trinajstić information content (AvgIpc) is 3.06. The lowest BCUT2D eigenvalue weighted by Gasteiger charge is -2.34. The smallest absolute Gasteiger partial charge is 0.259 e. The summed E-state index contributed by atoms with van der Waals surface area (Å²) in [6.45, 7) is 9.83. The van der Waals surface area contributed by atoms with Crippen LogP contribution in [-0.2, 0) is 16.1 Å². The molecule has 1 heterocycles. The second kappa shape index (κ2) is 9.53. The third-order valence-corrected chi connectivity index (χ3v) is 6.26. The van der Waals surface area contributed by atoms with Gasteiger partial charge in [-0.25, -0.2) is 0 Å². The molecule has 182 valence electrons. The molecule has 6 heteroatoms. The van der Waals surface area contributed by atoms with Crippen LogP contribution in [0.3, 0.4) is 0 Å². The Morgan fingerprint density at radius 3 is 2.37 bits per heavy atom. The summed E-state index contributed by atoms with van der Waals surface area (Å²) in [7, 11) is 0. The zero-order valence-corrected chi connectivity index (χ0v) is 21.1. The third kappa shape index (κ3) is 5.06. The molecule has 1 atom stereocenters. The van der Waals surface area contributed by atoms with Crippen LogP contribution in [0.5, 0.6) is 0 Å². The van der Waals surface area contributed by atoms with Crippen LogP contribution in [0.4, 0.5) is 5.69 Å². The van der Waals surface area contributed by atoms with Crippen molar-refractivity contribution in [2.24, 2.45) is 0 Å². The maximum Gasteiger partial charge on any atom is 0.259 e. The van der Waals surface area contributed by atoms with E-state index in [-0.39, 0.29) is 30.8 Å². The van der Waals surface area contributed by atoms with E-state index in [4.69, 9.17) is 0 Å². The van der Waals surface area contributed by atoms with Gasteiger partial charge < -0.3 is 10.2 Å². The molecule has 1 aliphatic rings. The van der Waals surface area contributed by atoms with Gasteiger partial charge in [-0.1, -0.05) is 61.0 Å². The van der Waals surface area contributed by atoms with Crippen molar-refractivity contribution >= 4 is 34.2 Å². The van der Waals surface area contributed by atoms with E-state index < -0.39 is 11.6 Å². The summed E-state index contributed by atoms with van der Waals surface area (Å²) < 4.78 is 0. The first-order valence-corrected chi connectivity index (χ1v) is 12.1. The molecular formula is C29H33N3O3. The molecule has 0 spiro atoms. The Kier molecular flexibility index (Phi) is 6.66. The number of rotatable bonds is 7. The van der Waals surface area contributed by atoms with Gasteiger partial charge in [0.1, 0.15) is 12.6 Å². The van der Waals surface area contributed by atoms with Crippen LogP contribution in [0.1, 0.15) is 55.6 Å². The largest absolute Gasteiger partial charge is 0.350 e. The zero-order chi connectivity index (χ0) is 25.3. The molecule has 3 amide bonds. The number of carbonyl (C=O) groups is 3. The van der Waals surface area contributed by atoms with Gasteiger partial charge in [-0.15, -0.1) is 0 Å². The fraction of sp³-hybridized carbons (Fsp3) is 0.345. The maximum atomic E-state index is 13.8. The molecular weight excluding hydrogens is 438 g/mol. The van der Waals surface area contributed by atoms with Crippen molar-refractivity contribution in [1.29, 1.82) is 0 Å². The minimum Gasteiger partial charge on any atom is -0.350 e. The molecule has 3 aromatic rings. The number of carbonyl (C=O) groups excluding carboxylic acids is 3. The summed E-state index contributed by atoms with van der Waals surface area (Å²) in [6, 6.07) is 18.6. The van der Waals surface area contributed by atoms with E-state index in [0.717, 1.165) is 27.6 Å². The van der Waals surface area contributed by atoms with Gasteiger partial charge in [0.05, 0.1) is 5.69 Å². The Bertz CT molecular complexity index is 1290. The van der Waals surface area contributed by atoms with E-state index >= 15 is 0 Å². The molecule has 1 N–H and O–H groups in total. The van der Waals surface area contributed by atoms with Crippen LogP contribution in [-0.4, -0.2) is 40.7 Å². The third-order valence-electron chi connectivity index (χ3n) is 6.26. The average molecular weight is 472 g/mol. The molecule has 0 radical (unpaired) electrons. The maximum absolute atomic E-state index is 13.8. The van der Waals surface area contributed by atoms with E-state index in [1.807, 2.05) is 89.2 Å². The van der Waals surface area contributed by atoms with Gasteiger partial charge in [0.25, 0.3) is 5.91 Å². The van der Waals surface area contributed by atoms with E-state index in [9.17, 15) is 14.4 Å². The zero-order valence-electron chi connectivity index (χ0n) is 21.1. The lowest BCUT2D eigenvalue weighted by molar-refractivity contribution is -0.141. The highest BCUT2D eigenvalue weighted by Gasteiger charge is 2.35. The predicted molar refractivity (Wildman–Crippen MR) is 139 cm³/mol. The first kappa shape index (κ1) is 24.5. The van der Waals surface area contributed by atoms with E-state index in [0.29, 0.717) is 12.0 Å². The number of nitrogens with zero attached hydrogens (tertiary/aromatic N) is 2. The summed E-state index contributed by atoms with van der Waals surface area (Å²) in [5, 5.41) is 4.86. The number of amides is 3. The lowest BCUT2D eigenvalue weighted by atomic mass is 10.0. The highest BCUT2D eigenvalue weighted by Crippen LogP contribution is 2.37. The number of hydrogen-bond acceptors (Lipinski definition) is 3. The molecule has 0 fully saturated rings. The minimum atomic E-state index is -0.655. The first-order valence-electron chi connectivity index (χ1n) is 12.1. The molecule has 6 nitrogen and oxygen atoms in total. The molecule has 0 aromatic heterocycles. The van der Waals surface area contributed by atoms with E-state index in [1.165, 1.54) is 4.90 Å². The molecule has 0 saturated carbocycles. The van der Waals surface area contributed by atoms with Crippen LogP contribution >= 0.6 is 0 Å². The number of aryl methyl sites for hydroxylation is 1. The van der Waals surface area contributed by atoms with Gasteiger partial charge in [0.2, 0.25) is 11.8 Å². The van der Waals surface area contributed by atoms with Gasteiger partial charge in [-0.05, 0) is 57.2 Å². The van der Waals surface area contributed by atoms with Crippen LogP contribution in [0.25, 0.3) is 10.8 Å². The summed E-state index contributed by atoms with van der Waals surface area (Å²) in [5.41, 5.74) is 2.94. The van der Waals surface area contributed by atoms with Crippen LogP contribution < -0.4 is 10.2 Å². The summed E-state index contributed by atoms with van der Waals surface area (Å²) >= 11 is 0. The Morgan fingerprint density at radius 1 is 1.03 bits per heavy atom. The topological polar surface area (TPSA) is 69.7 Å². The molecule has 0 aliphatic carbocycles. The van der Waals surface area contributed by atoms with Crippen molar-refractivity contribution in [3.8, 4) is 0 Å². The molecule has 0 unspecified atom stereocenters. The van der Waals surface area contributed by atoms with Crippen molar-refractivity contribution in [3.63, 3.8) is 0 Å². The highest BCUT2D eigenvalue weighted by atomic mass is 16.2. The highest BCUT2D eigenvalue weighted by molar-refractivity contribution is 6.26. The number of anilines is 1. The second-order valence-corrected chi connectivity index (χ2v) is 10.2. The SMILES string of the molecule is CC[C@@H](C(=O)NC(C)(C)C)N(Cc1cccc(C)c1)C(=O)CN1C(=O)c2cccc3cccc1c23. The van der Waals surface area contributed by atoms with Crippen molar-refractivity contribution in [3.05, 3.63) is 77.4 Å². The molecule has 35 heavy (non-hydrogen) atoms. The summed E-state index contributed by atoms with van der Waals surface area (Å²) in [4.78, 5) is 43.5. The van der Waals surface area contributed by atoms with Gasteiger partial charge in [0, 0.05) is 23.0 Å². The number of nitrogens with one attached hydrogen (secondary N) is 1. The fourth-order valence-corrected chi connectivity index (χ4v) is 4.74. The Hall–Kier alpha value is -3.67. The lowest BCUT2D eigenvalue weighted by Crippen LogP contribution is -2.55.